The van der Waals surface area contributed by atoms with Crippen molar-refractivity contribution in [2.45, 2.75) is 38.1 Å². The summed E-state index contributed by atoms with van der Waals surface area (Å²) in [4.78, 5) is 20.3. The number of nitrogens with one attached hydrogen (secondary N) is 2. The Bertz CT molecular complexity index is 1340. The number of carbonyl (C=O) groups is 1. The van der Waals surface area contributed by atoms with E-state index < -0.39 is 5.41 Å². The number of benzene rings is 2. The summed E-state index contributed by atoms with van der Waals surface area (Å²) in [6, 6.07) is 17.8. The van der Waals surface area contributed by atoms with E-state index in [0.717, 1.165) is 61.6 Å². The molecule has 2 aromatic carbocycles. The van der Waals surface area contributed by atoms with E-state index in [1.807, 2.05) is 50.2 Å². The van der Waals surface area contributed by atoms with Gasteiger partial charge < -0.3 is 15.4 Å². The van der Waals surface area contributed by atoms with Crippen molar-refractivity contribution in [3.8, 4) is 17.2 Å². The number of anilines is 3. The van der Waals surface area contributed by atoms with Crippen molar-refractivity contribution in [1.29, 1.82) is 5.26 Å². The Balaban J connectivity index is 1.43. The number of hydrogen-bond acceptors (Lipinski definition) is 6. The number of pyridine rings is 1. The van der Waals surface area contributed by atoms with Crippen LogP contribution in [0.2, 0.25) is 5.02 Å². The zero-order chi connectivity index (χ0) is 26.0. The SMILES string of the molecule is CC1(C)C(=O)N(c2ccc(NCCNC3CCOCC3)cc2)c2cc(C#N)ccc2-c2cc(Cl)cnc21. The Kier molecular flexibility index (Phi) is 7.16. The van der Waals surface area contributed by atoms with Crippen LogP contribution in [0.3, 0.4) is 0 Å². The number of rotatable bonds is 6. The molecule has 2 N–H and O–H groups in total. The lowest BCUT2D eigenvalue weighted by atomic mass is 9.84. The van der Waals surface area contributed by atoms with Gasteiger partial charge in [0.05, 0.1) is 33.5 Å². The maximum Gasteiger partial charge on any atom is 0.243 e. The van der Waals surface area contributed by atoms with Crippen molar-refractivity contribution in [3.63, 3.8) is 0 Å². The molecule has 0 saturated carbocycles. The molecule has 2 aliphatic heterocycles. The Morgan fingerprint density at radius 1 is 1.11 bits per heavy atom. The van der Waals surface area contributed by atoms with Crippen LogP contribution < -0.4 is 15.5 Å². The fraction of sp³-hybridized carbons (Fsp3) is 0.345. The molecule has 0 bridgehead atoms. The minimum Gasteiger partial charge on any atom is -0.384 e. The number of hydrogen-bond donors (Lipinski definition) is 2. The highest BCUT2D eigenvalue weighted by Crippen LogP contribution is 2.46. The quantitative estimate of drug-likeness (QED) is 0.426. The summed E-state index contributed by atoms with van der Waals surface area (Å²) in [6.45, 7) is 7.06. The lowest BCUT2D eigenvalue weighted by molar-refractivity contribution is -0.122. The highest BCUT2D eigenvalue weighted by molar-refractivity contribution is 6.31. The van der Waals surface area contributed by atoms with E-state index in [2.05, 4.69) is 21.7 Å². The normalized spacial score (nSPS) is 16.9. The Morgan fingerprint density at radius 2 is 1.86 bits per heavy atom. The van der Waals surface area contributed by atoms with E-state index in [0.29, 0.717) is 28.0 Å². The molecule has 0 spiro atoms. The summed E-state index contributed by atoms with van der Waals surface area (Å²) in [5, 5.41) is 17.1. The summed E-state index contributed by atoms with van der Waals surface area (Å²) < 4.78 is 5.41. The average Bonchev–Trinajstić information content (AvgIpc) is 2.98. The zero-order valence-electron chi connectivity index (χ0n) is 21.1. The number of nitriles is 1. The maximum atomic E-state index is 14.1. The van der Waals surface area contributed by atoms with Gasteiger partial charge in [-0.25, -0.2) is 0 Å². The smallest absolute Gasteiger partial charge is 0.243 e. The van der Waals surface area contributed by atoms with E-state index in [4.69, 9.17) is 16.3 Å². The van der Waals surface area contributed by atoms with Crippen LogP contribution in [0.15, 0.2) is 54.7 Å². The van der Waals surface area contributed by atoms with Crippen LogP contribution in [-0.4, -0.2) is 43.2 Å². The lowest BCUT2D eigenvalue weighted by Crippen LogP contribution is -2.40. The van der Waals surface area contributed by atoms with Gasteiger partial charge in [-0.2, -0.15) is 5.26 Å². The molecule has 1 amide bonds. The Morgan fingerprint density at radius 3 is 2.59 bits per heavy atom. The molecular weight excluding hydrogens is 486 g/mol. The predicted octanol–water partition coefficient (Wildman–Crippen LogP) is 5.41. The van der Waals surface area contributed by atoms with Crippen molar-refractivity contribution in [2.24, 2.45) is 0 Å². The van der Waals surface area contributed by atoms with Crippen LogP contribution >= 0.6 is 11.6 Å². The molecule has 1 aromatic heterocycles. The van der Waals surface area contributed by atoms with Gasteiger partial charge in [0.25, 0.3) is 0 Å². The number of nitrogens with zero attached hydrogens (tertiary/aromatic N) is 3. The van der Waals surface area contributed by atoms with E-state index in [1.165, 1.54) is 0 Å². The van der Waals surface area contributed by atoms with Crippen LogP contribution in [0.25, 0.3) is 11.1 Å². The minimum atomic E-state index is -0.918. The zero-order valence-corrected chi connectivity index (χ0v) is 21.8. The van der Waals surface area contributed by atoms with E-state index in [-0.39, 0.29) is 5.91 Å². The van der Waals surface area contributed by atoms with Gasteiger partial charge in [-0.1, -0.05) is 17.7 Å². The first-order valence-corrected chi connectivity index (χ1v) is 13.0. The summed E-state index contributed by atoms with van der Waals surface area (Å²) in [5.74, 6) is -0.126. The van der Waals surface area contributed by atoms with Crippen LogP contribution in [-0.2, 0) is 14.9 Å². The van der Waals surface area contributed by atoms with Crippen LogP contribution in [0.5, 0.6) is 0 Å². The molecule has 0 atom stereocenters. The molecule has 1 fully saturated rings. The van der Waals surface area contributed by atoms with Crippen molar-refractivity contribution >= 4 is 34.6 Å². The van der Waals surface area contributed by atoms with E-state index >= 15 is 0 Å². The topological polar surface area (TPSA) is 90.3 Å². The van der Waals surface area contributed by atoms with Crippen molar-refractivity contribution < 1.29 is 9.53 Å². The second-order valence-corrected chi connectivity index (χ2v) is 10.4. The molecule has 37 heavy (non-hydrogen) atoms. The summed E-state index contributed by atoms with van der Waals surface area (Å²) >= 11 is 6.32. The van der Waals surface area contributed by atoms with Gasteiger partial charge in [0.15, 0.2) is 0 Å². The average molecular weight is 516 g/mol. The molecule has 190 valence electrons. The first kappa shape index (κ1) is 25.2. The van der Waals surface area contributed by atoms with Crippen molar-refractivity contribution in [1.82, 2.24) is 10.3 Å². The second-order valence-electron chi connectivity index (χ2n) is 9.97. The van der Waals surface area contributed by atoms with Gasteiger partial charge in [-0.05, 0) is 69.2 Å². The summed E-state index contributed by atoms with van der Waals surface area (Å²) in [6.07, 6.45) is 3.68. The largest absolute Gasteiger partial charge is 0.384 e. The number of fused-ring (bicyclic) bond motifs is 3. The Hall–Kier alpha value is -3.44. The molecule has 5 rings (SSSR count). The lowest BCUT2D eigenvalue weighted by Gasteiger charge is -2.30. The summed E-state index contributed by atoms with van der Waals surface area (Å²) in [7, 11) is 0. The highest BCUT2D eigenvalue weighted by atomic mass is 35.5. The molecule has 3 heterocycles. The first-order chi connectivity index (χ1) is 17.9. The molecule has 8 heteroatoms. The number of aromatic nitrogens is 1. The molecule has 1 saturated heterocycles. The van der Waals surface area contributed by atoms with E-state index in [1.54, 1.807) is 23.2 Å². The fourth-order valence-corrected chi connectivity index (χ4v) is 5.17. The first-order valence-electron chi connectivity index (χ1n) is 12.6. The minimum absolute atomic E-state index is 0.126. The predicted molar refractivity (Wildman–Crippen MR) is 146 cm³/mol. The van der Waals surface area contributed by atoms with Crippen molar-refractivity contribution in [2.75, 3.05) is 36.5 Å². The monoisotopic (exact) mass is 515 g/mol. The van der Waals surface area contributed by atoms with Gasteiger partial charge in [-0.3, -0.25) is 14.7 Å². The molecule has 3 aromatic rings. The summed E-state index contributed by atoms with van der Waals surface area (Å²) in [5.41, 5.74) is 4.15. The van der Waals surface area contributed by atoms with Crippen molar-refractivity contribution in [3.05, 3.63) is 71.0 Å². The molecular formula is C29H30ClN5O2. The van der Waals surface area contributed by atoms with Gasteiger partial charge >= 0.3 is 0 Å². The molecule has 7 nitrogen and oxygen atoms in total. The second kappa shape index (κ2) is 10.5. The van der Waals surface area contributed by atoms with Crippen LogP contribution in [0.1, 0.15) is 37.9 Å². The third-order valence-corrected chi connectivity index (χ3v) is 7.28. The number of halogens is 1. The standard InChI is InChI=1S/C29H30ClN5O2/c1-29(2)27-25(16-20(30)18-34-27)24-8-3-19(17-31)15-26(24)35(28(29)36)23-6-4-21(5-7-23)32-11-12-33-22-9-13-37-14-10-22/h3-8,15-16,18,22,32-33H,9-14H2,1-2H3. The molecule has 0 radical (unpaired) electrons. The number of ether oxygens (including phenoxy) is 1. The molecule has 0 unspecified atom stereocenters. The van der Waals surface area contributed by atoms with Crippen LogP contribution in [0, 0.1) is 11.3 Å². The fourth-order valence-electron chi connectivity index (χ4n) is 5.02. The maximum absolute atomic E-state index is 14.1. The van der Waals surface area contributed by atoms with Gasteiger partial charge in [0, 0.05) is 61.0 Å². The Labute approximate surface area is 222 Å². The van der Waals surface area contributed by atoms with E-state index in [9.17, 15) is 10.1 Å². The highest BCUT2D eigenvalue weighted by Gasteiger charge is 2.42. The number of amides is 1. The van der Waals surface area contributed by atoms with Crippen LogP contribution in [0.4, 0.5) is 17.1 Å². The third kappa shape index (κ3) is 5.05. The number of carbonyl (C=O) groups excluding carboxylic acids is 1. The third-order valence-electron chi connectivity index (χ3n) is 7.08. The van der Waals surface area contributed by atoms with Gasteiger partial charge in [-0.15, -0.1) is 0 Å². The molecule has 2 aliphatic rings. The molecule has 0 aliphatic carbocycles. The van der Waals surface area contributed by atoms with Gasteiger partial charge in [0.2, 0.25) is 5.91 Å². The van der Waals surface area contributed by atoms with Gasteiger partial charge in [0.1, 0.15) is 0 Å².